The Morgan fingerprint density at radius 2 is 1.83 bits per heavy atom. The van der Waals surface area contributed by atoms with E-state index < -0.39 is 0 Å². The molecular weight excluding hydrogens is 294 g/mol. The van der Waals surface area contributed by atoms with Gasteiger partial charge in [0.05, 0.1) is 6.61 Å². The second-order valence-electron chi connectivity index (χ2n) is 3.82. The fourth-order valence-corrected chi connectivity index (χ4v) is 2.00. The average Bonchev–Trinajstić information content (AvgIpc) is 2.35. The summed E-state index contributed by atoms with van der Waals surface area (Å²) in [5.74, 6) is 0.690. The van der Waals surface area contributed by atoms with E-state index >= 15 is 0 Å². The summed E-state index contributed by atoms with van der Waals surface area (Å²) in [5, 5.41) is 0. The number of rotatable bonds is 5. The molecule has 2 aromatic carbocycles. The van der Waals surface area contributed by atoms with Gasteiger partial charge in [-0.15, -0.1) is 0 Å². The zero-order valence-corrected chi connectivity index (χ0v) is 11.4. The predicted octanol–water partition coefficient (Wildman–Crippen LogP) is 3.58. The molecule has 2 aromatic rings. The molecule has 0 aromatic heterocycles. The lowest BCUT2D eigenvalue weighted by Crippen LogP contribution is -2.03. The van der Waals surface area contributed by atoms with Gasteiger partial charge < -0.3 is 15.2 Å². The third kappa shape index (κ3) is 4.05. The van der Waals surface area contributed by atoms with Gasteiger partial charge in [0.25, 0.3) is 0 Å². The topological polar surface area (TPSA) is 44.5 Å². The predicted molar refractivity (Wildman–Crippen MR) is 75.3 cm³/mol. The summed E-state index contributed by atoms with van der Waals surface area (Å²) < 4.78 is 11.8. The summed E-state index contributed by atoms with van der Waals surface area (Å²) in [5.41, 5.74) is 7.48. The van der Waals surface area contributed by atoms with Crippen LogP contribution in [0.4, 0.5) is 5.69 Å². The van der Waals surface area contributed by atoms with Crippen molar-refractivity contribution in [3.05, 3.63) is 58.6 Å². The van der Waals surface area contributed by atoms with Gasteiger partial charge in [-0.25, -0.2) is 0 Å². The summed E-state index contributed by atoms with van der Waals surface area (Å²) in [6.07, 6.45) is 0. The summed E-state index contributed by atoms with van der Waals surface area (Å²) in [4.78, 5) is 0. The van der Waals surface area contributed by atoms with E-state index in [0.717, 1.165) is 10.0 Å². The largest absolute Gasteiger partial charge is 0.467 e. The lowest BCUT2D eigenvalue weighted by atomic mass is 10.2. The Hall–Kier alpha value is -1.52. The number of benzene rings is 2. The van der Waals surface area contributed by atoms with Crippen LogP contribution in [0, 0.1) is 0 Å². The molecule has 94 valence electrons. The molecule has 0 unspecified atom stereocenters. The molecule has 0 saturated carbocycles. The molecule has 0 aliphatic rings. The third-order valence-corrected chi connectivity index (χ3v) is 2.77. The van der Waals surface area contributed by atoms with Gasteiger partial charge in [0.1, 0.15) is 5.75 Å². The zero-order chi connectivity index (χ0) is 12.8. The van der Waals surface area contributed by atoms with Crippen molar-refractivity contribution in [1.82, 2.24) is 0 Å². The normalized spacial score (nSPS) is 10.3. The van der Waals surface area contributed by atoms with Crippen LogP contribution in [-0.2, 0) is 11.3 Å². The molecule has 0 spiro atoms. The number of hydrogen-bond donors (Lipinski definition) is 1. The Morgan fingerprint density at radius 1 is 1.06 bits per heavy atom. The standard InChI is InChI=1S/C14H14BrNO2/c15-12-6-13(16)8-14(7-12)18-10-17-9-11-4-2-1-3-5-11/h1-8H,9-10,16H2. The monoisotopic (exact) mass is 307 g/mol. The molecule has 2 rings (SSSR count). The highest BCUT2D eigenvalue weighted by Gasteiger charge is 1.98. The quantitative estimate of drug-likeness (QED) is 0.521. The summed E-state index contributed by atoms with van der Waals surface area (Å²) in [6.45, 7) is 0.731. The van der Waals surface area contributed by atoms with Gasteiger partial charge in [0.15, 0.2) is 6.79 Å². The molecule has 2 N–H and O–H groups in total. The van der Waals surface area contributed by atoms with Gasteiger partial charge in [0.2, 0.25) is 0 Å². The minimum atomic E-state index is 0.199. The highest BCUT2D eigenvalue weighted by atomic mass is 79.9. The van der Waals surface area contributed by atoms with Gasteiger partial charge in [0, 0.05) is 16.2 Å². The number of halogens is 1. The van der Waals surface area contributed by atoms with Crippen molar-refractivity contribution in [2.45, 2.75) is 6.61 Å². The first-order valence-electron chi connectivity index (χ1n) is 5.54. The van der Waals surface area contributed by atoms with Crippen molar-refractivity contribution in [3.63, 3.8) is 0 Å². The highest BCUT2D eigenvalue weighted by Crippen LogP contribution is 2.22. The van der Waals surface area contributed by atoms with E-state index in [-0.39, 0.29) is 6.79 Å². The van der Waals surface area contributed by atoms with Crippen LogP contribution in [0.2, 0.25) is 0 Å². The van der Waals surface area contributed by atoms with Gasteiger partial charge in [-0.05, 0) is 17.7 Å². The van der Waals surface area contributed by atoms with Crippen molar-refractivity contribution in [2.75, 3.05) is 12.5 Å². The van der Waals surface area contributed by atoms with E-state index in [9.17, 15) is 0 Å². The van der Waals surface area contributed by atoms with Crippen LogP contribution in [0.3, 0.4) is 0 Å². The number of hydrogen-bond acceptors (Lipinski definition) is 3. The molecule has 4 heteroatoms. The molecule has 0 heterocycles. The summed E-state index contributed by atoms with van der Waals surface area (Å²) in [6, 6.07) is 15.4. The highest BCUT2D eigenvalue weighted by molar-refractivity contribution is 9.10. The van der Waals surface area contributed by atoms with Crippen LogP contribution in [0.25, 0.3) is 0 Å². The molecule has 0 aliphatic heterocycles. The molecule has 0 bridgehead atoms. The molecule has 0 radical (unpaired) electrons. The molecule has 18 heavy (non-hydrogen) atoms. The number of ether oxygens (including phenoxy) is 2. The van der Waals surface area contributed by atoms with Crippen LogP contribution in [0.15, 0.2) is 53.0 Å². The number of nitrogen functional groups attached to an aromatic ring is 1. The lowest BCUT2D eigenvalue weighted by molar-refractivity contribution is 0.00505. The lowest BCUT2D eigenvalue weighted by Gasteiger charge is -2.08. The summed E-state index contributed by atoms with van der Waals surface area (Å²) in [7, 11) is 0. The fraction of sp³-hybridized carbons (Fsp3) is 0.143. The summed E-state index contributed by atoms with van der Waals surface area (Å²) >= 11 is 3.36. The Morgan fingerprint density at radius 3 is 2.56 bits per heavy atom. The molecule has 0 atom stereocenters. The third-order valence-electron chi connectivity index (χ3n) is 2.31. The van der Waals surface area contributed by atoms with E-state index in [1.54, 1.807) is 6.07 Å². The molecule has 0 saturated heterocycles. The maximum Gasteiger partial charge on any atom is 0.189 e. The first kappa shape index (κ1) is 12.9. The Balaban J connectivity index is 1.78. The minimum Gasteiger partial charge on any atom is -0.467 e. The fourth-order valence-electron chi connectivity index (χ4n) is 1.51. The average molecular weight is 308 g/mol. The number of anilines is 1. The maximum absolute atomic E-state index is 5.70. The Kier molecular flexibility index (Phi) is 4.61. The van der Waals surface area contributed by atoms with Crippen molar-refractivity contribution >= 4 is 21.6 Å². The molecule has 0 aliphatic carbocycles. The van der Waals surface area contributed by atoms with Gasteiger partial charge in [-0.1, -0.05) is 46.3 Å². The van der Waals surface area contributed by atoms with Crippen molar-refractivity contribution in [3.8, 4) is 5.75 Å². The van der Waals surface area contributed by atoms with E-state index in [1.807, 2.05) is 42.5 Å². The van der Waals surface area contributed by atoms with E-state index in [1.165, 1.54) is 0 Å². The smallest absolute Gasteiger partial charge is 0.189 e. The molecule has 0 amide bonds. The van der Waals surface area contributed by atoms with Crippen molar-refractivity contribution in [2.24, 2.45) is 0 Å². The van der Waals surface area contributed by atoms with Crippen LogP contribution in [0.5, 0.6) is 5.75 Å². The van der Waals surface area contributed by atoms with Crippen LogP contribution < -0.4 is 10.5 Å². The van der Waals surface area contributed by atoms with Crippen LogP contribution in [-0.4, -0.2) is 6.79 Å². The molecular formula is C14H14BrNO2. The van der Waals surface area contributed by atoms with E-state index in [0.29, 0.717) is 18.0 Å². The Labute approximate surface area is 115 Å². The molecule has 0 fully saturated rings. The van der Waals surface area contributed by atoms with Crippen molar-refractivity contribution in [1.29, 1.82) is 0 Å². The van der Waals surface area contributed by atoms with Gasteiger partial charge in [-0.3, -0.25) is 0 Å². The number of nitrogens with two attached hydrogens (primary N) is 1. The first-order chi connectivity index (χ1) is 8.74. The van der Waals surface area contributed by atoms with Crippen LogP contribution >= 0.6 is 15.9 Å². The Bertz CT molecular complexity index is 482. The maximum atomic E-state index is 5.70. The van der Waals surface area contributed by atoms with Gasteiger partial charge in [-0.2, -0.15) is 0 Å². The van der Waals surface area contributed by atoms with Crippen LogP contribution in [0.1, 0.15) is 5.56 Å². The van der Waals surface area contributed by atoms with E-state index in [2.05, 4.69) is 15.9 Å². The van der Waals surface area contributed by atoms with Gasteiger partial charge >= 0.3 is 0 Å². The molecule has 3 nitrogen and oxygen atoms in total. The zero-order valence-electron chi connectivity index (χ0n) is 9.80. The van der Waals surface area contributed by atoms with E-state index in [4.69, 9.17) is 15.2 Å². The second kappa shape index (κ2) is 6.42. The van der Waals surface area contributed by atoms with Crippen molar-refractivity contribution < 1.29 is 9.47 Å². The first-order valence-corrected chi connectivity index (χ1v) is 6.34. The second-order valence-corrected chi connectivity index (χ2v) is 4.73. The SMILES string of the molecule is Nc1cc(Br)cc(OCOCc2ccccc2)c1. The minimum absolute atomic E-state index is 0.199.